The Kier molecular flexibility index (Phi) is 5.36. The monoisotopic (exact) mass is 414 g/mol. The lowest BCUT2D eigenvalue weighted by Crippen LogP contribution is -2.45. The molecule has 0 spiro atoms. The minimum atomic E-state index is -3.25. The molecular weight excluding hydrogens is 388 g/mol. The SMILES string of the molecule is C[C@H]1NCC[C@@H](c2cccc(S(C)(=O)=O)c2)[C@@H]1COc1ccc2c(c1)C(=O)NC2. The third-order valence-corrected chi connectivity index (χ3v) is 7.11. The number of sulfone groups is 1. The summed E-state index contributed by atoms with van der Waals surface area (Å²) in [6.45, 7) is 4.07. The molecule has 0 aromatic heterocycles. The number of amides is 1. The maximum atomic E-state index is 12.0. The molecule has 1 saturated heterocycles. The molecule has 0 unspecified atom stereocenters. The molecule has 3 atom stereocenters. The number of carbonyl (C=O) groups excluding carboxylic acids is 1. The first kappa shape index (κ1) is 19.9. The van der Waals surface area contributed by atoms with Crippen LogP contribution in [-0.2, 0) is 16.4 Å². The minimum absolute atomic E-state index is 0.0615. The molecule has 1 fully saturated rings. The molecule has 0 radical (unpaired) electrons. The van der Waals surface area contributed by atoms with Crippen LogP contribution in [0.25, 0.3) is 0 Å². The second kappa shape index (κ2) is 7.80. The van der Waals surface area contributed by atoms with Crippen molar-refractivity contribution in [1.29, 1.82) is 0 Å². The molecule has 6 nitrogen and oxygen atoms in total. The Bertz CT molecular complexity index is 1030. The minimum Gasteiger partial charge on any atom is -0.493 e. The van der Waals surface area contributed by atoms with Crippen LogP contribution in [0.15, 0.2) is 47.4 Å². The number of fused-ring (bicyclic) bond motifs is 1. The molecule has 2 N–H and O–H groups in total. The van der Waals surface area contributed by atoms with Gasteiger partial charge in [-0.15, -0.1) is 0 Å². The van der Waals surface area contributed by atoms with Crippen molar-refractivity contribution in [2.45, 2.75) is 36.7 Å². The molecule has 0 saturated carbocycles. The van der Waals surface area contributed by atoms with Gasteiger partial charge in [0, 0.05) is 30.3 Å². The number of hydrogen-bond donors (Lipinski definition) is 2. The van der Waals surface area contributed by atoms with E-state index in [4.69, 9.17) is 4.74 Å². The quantitative estimate of drug-likeness (QED) is 0.785. The highest BCUT2D eigenvalue weighted by molar-refractivity contribution is 7.90. The molecule has 29 heavy (non-hydrogen) atoms. The average Bonchev–Trinajstić information content (AvgIpc) is 3.07. The van der Waals surface area contributed by atoms with E-state index < -0.39 is 9.84 Å². The van der Waals surface area contributed by atoms with E-state index >= 15 is 0 Å². The van der Waals surface area contributed by atoms with Crippen molar-refractivity contribution in [2.24, 2.45) is 5.92 Å². The van der Waals surface area contributed by atoms with Gasteiger partial charge < -0.3 is 15.4 Å². The Labute approximate surface area is 171 Å². The third-order valence-electron chi connectivity index (χ3n) is 6.00. The molecule has 2 aliphatic rings. The van der Waals surface area contributed by atoms with E-state index in [-0.39, 0.29) is 23.8 Å². The van der Waals surface area contributed by atoms with Crippen molar-refractivity contribution in [1.82, 2.24) is 10.6 Å². The Hall–Kier alpha value is -2.38. The largest absolute Gasteiger partial charge is 0.493 e. The maximum Gasteiger partial charge on any atom is 0.252 e. The molecule has 4 rings (SSSR count). The second-order valence-corrected chi connectivity index (χ2v) is 9.97. The van der Waals surface area contributed by atoms with Crippen molar-refractivity contribution in [3.63, 3.8) is 0 Å². The van der Waals surface area contributed by atoms with E-state index in [9.17, 15) is 13.2 Å². The van der Waals surface area contributed by atoms with Gasteiger partial charge >= 0.3 is 0 Å². The topological polar surface area (TPSA) is 84.5 Å². The van der Waals surface area contributed by atoms with Crippen LogP contribution in [0, 0.1) is 5.92 Å². The van der Waals surface area contributed by atoms with Crippen molar-refractivity contribution in [3.8, 4) is 5.75 Å². The molecule has 2 aliphatic heterocycles. The lowest BCUT2D eigenvalue weighted by molar-refractivity contribution is 0.0965. The molecule has 2 heterocycles. The molecule has 1 amide bonds. The van der Waals surface area contributed by atoms with Crippen molar-refractivity contribution < 1.29 is 17.9 Å². The van der Waals surface area contributed by atoms with Gasteiger partial charge in [0.25, 0.3) is 5.91 Å². The summed E-state index contributed by atoms with van der Waals surface area (Å²) in [6, 6.07) is 13.1. The molecule has 154 valence electrons. The van der Waals surface area contributed by atoms with Gasteiger partial charge in [0.2, 0.25) is 0 Å². The number of piperidine rings is 1. The van der Waals surface area contributed by atoms with Crippen molar-refractivity contribution in [3.05, 3.63) is 59.2 Å². The zero-order valence-corrected chi connectivity index (χ0v) is 17.5. The fraction of sp³-hybridized carbons (Fsp3) is 0.409. The van der Waals surface area contributed by atoms with E-state index in [0.29, 0.717) is 29.4 Å². The summed E-state index contributed by atoms with van der Waals surface area (Å²) in [7, 11) is -3.25. The zero-order chi connectivity index (χ0) is 20.6. The normalized spacial score (nSPS) is 24.1. The average molecular weight is 415 g/mol. The smallest absolute Gasteiger partial charge is 0.252 e. The van der Waals surface area contributed by atoms with Crippen LogP contribution < -0.4 is 15.4 Å². The van der Waals surface area contributed by atoms with Gasteiger partial charge in [-0.2, -0.15) is 0 Å². The molecule has 0 bridgehead atoms. The number of carbonyl (C=O) groups is 1. The highest BCUT2D eigenvalue weighted by Crippen LogP contribution is 2.35. The maximum absolute atomic E-state index is 12.0. The summed E-state index contributed by atoms with van der Waals surface area (Å²) in [4.78, 5) is 12.3. The lowest BCUT2D eigenvalue weighted by Gasteiger charge is -2.37. The number of ether oxygens (including phenoxy) is 1. The second-order valence-electron chi connectivity index (χ2n) is 7.96. The van der Waals surface area contributed by atoms with Gasteiger partial charge in [-0.05, 0) is 61.2 Å². The first-order valence-corrected chi connectivity index (χ1v) is 11.8. The summed E-state index contributed by atoms with van der Waals surface area (Å²) in [5.41, 5.74) is 2.70. The molecule has 2 aromatic carbocycles. The number of rotatable bonds is 5. The van der Waals surface area contributed by atoms with Crippen LogP contribution in [-0.4, -0.2) is 39.8 Å². The summed E-state index contributed by atoms with van der Waals surface area (Å²) >= 11 is 0. The van der Waals surface area contributed by atoms with E-state index in [1.807, 2.05) is 24.3 Å². The van der Waals surface area contributed by atoms with Crippen molar-refractivity contribution in [2.75, 3.05) is 19.4 Å². The molecule has 0 aliphatic carbocycles. The highest BCUT2D eigenvalue weighted by atomic mass is 32.2. The van der Waals surface area contributed by atoms with Crippen LogP contribution in [0.3, 0.4) is 0 Å². The predicted octanol–water partition coefficient (Wildman–Crippen LogP) is 2.49. The standard InChI is InChI=1S/C22H26N2O4S/c1-14-21(13-28-17-7-6-16-12-24-22(25)20(16)11-17)19(8-9-23-14)15-4-3-5-18(10-15)29(2,26)27/h3-7,10-11,14,19,21,23H,8-9,12-13H2,1-2H3,(H,24,25)/t14-,19+,21-/m1/s1. The Morgan fingerprint density at radius 1 is 1.17 bits per heavy atom. The highest BCUT2D eigenvalue weighted by Gasteiger charge is 2.33. The Morgan fingerprint density at radius 2 is 2.00 bits per heavy atom. The van der Waals surface area contributed by atoms with Gasteiger partial charge in [0.15, 0.2) is 9.84 Å². The third kappa shape index (κ3) is 4.16. The van der Waals surface area contributed by atoms with Crippen LogP contribution in [0.5, 0.6) is 5.75 Å². The van der Waals surface area contributed by atoms with E-state index in [0.717, 1.165) is 24.1 Å². The van der Waals surface area contributed by atoms with Gasteiger partial charge in [0.05, 0.1) is 11.5 Å². The van der Waals surface area contributed by atoms with Gasteiger partial charge in [-0.3, -0.25) is 4.79 Å². The molecular formula is C22H26N2O4S. The van der Waals surface area contributed by atoms with Crippen LogP contribution >= 0.6 is 0 Å². The van der Waals surface area contributed by atoms with E-state index in [1.54, 1.807) is 18.2 Å². The van der Waals surface area contributed by atoms with E-state index in [1.165, 1.54) is 6.26 Å². The number of benzene rings is 2. The Morgan fingerprint density at radius 3 is 2.79 bits per heavy atom. The Balaban J connectivity index is 1.55. The lowest BCUT2D eigenvalue weighted by atomic mass is 9.77. The van der Waals surface area contributed by atoms with Gasteiger partial charge in [0.1, 0.15) is 5.75 Å². The fourth-order valence-corrected chi connectivity index (χ4v) is 4.98. The summed E-state index contributed by atoms with van der Waals surface area (Å²) < 4.78 is 30.0. The first-order valence-electron chi connectivity index (χ1n) is 9.90. The predicted molar refractivity (Wildman–Crippen MR) is 111 cm³/mol. The molecule has 7 heteroatoms. The number of nitrogens with one attached hydrogen (secondary N) is 2. The number of hydrogen-bond acceptors (Lipinski definition) is 5. The first-order chi connectivity index (χ1) is 13.8. The van der Waals surface area contributed by atoms with Gasteiger partial charge in [-0.25, -0.2) is 8.42 Å². The van der Waals surface area contributed by atoms with Crippen LogP contribution in [0.4, 0.5) is 0 Å². The summed E-state index contributed by atoms with van der Waals surface area (Å²) in [6.07, 6.45) is 2.15. The zero-order valence-electron chi connectivity index (χ0n) is 16.6. The van der Waals surface area contributed by atoms with Gasteiger partial charge in [-0.1, -0.05) is 18.2 Å². The van der Waals surface area contributed by atoms with E-state index in [2.05, 4.69) is 17.6 Å². The van der Waals surface area contributed by atoms with Crippen LogP contribution in [0.1, 0.15) is 40.7 Å². The fourth-order valence-electron chi connectivity index (χ4n) is 4.30. The van der Waals surface area contributed by atoms with Crippen molar-refractivity contribution >= 4 is 15.7 Å². The molecule has 2 aromatic rings. The van der Waals surface area contributed by atoms with Crippen LogP contribution in [0.2, 0.25) is 0 Å². The summed E-state index contributed by atoms with van der Waals surface area (Å²) in [5.74, 6) is 1.00. The summed E-state index contributed by atoms with van der Waals surface area (Å²) in [5, 5.41) is 6.32.